The van der Waals surface area contributed by atoms with E-state index in [9.17, 15) is 18.1 Å². The van der Waals surface area contributed by atoms with Gasteiger partial charge in [0, 0.05) is 23.7 Å². The molecular formula is C21H20O4S2. The standard InChI is InChI=1S/C21H20O4S2/c22-20-14-8-7-13-19(20)21(27(23,24)25,18-11-5-2-6-12-18)26-16-15-17-9-3-1-4-10-17/h1-14,22H,15-16H2,(H,23,24,25). The Morgan fingerprint density at radius 1 is 0.852 bits per heavy atom. The topological polar surface area (TPSA) is 77.4 Å². The smallest absolute Gasteiger partial charge is 0.266 e. The van der Waals surface area contributed by atoms with Gasteiger partial charge in [0.1, 0.15) is 11.5 Å². The Labute approximate surface area is 163 Å². The molecule has 0 aliphatic heterocycles. The maximum absolute atomic E-state index is 12.6. The number of aryl methyl sites for hydroxylation is 1. The van der Waals surface area contributed by atoms with Gasteiger partial charge in [0.25, 0.3) is 4.08 Å². The monoisotopic (exact) mass is 400 g/mol. The predicted molar refractivity (Wildman–Crippen MR) is 109 cm³/mol. The molecule has 6 heteroatoms. The number of rotatable bonds is 7. The van der Waals surface area contributed by atoms with Gasteiger partial charge in [-0.15, -0.1) is 0 Å². The van der Waals surface area contributed by atoms with Crippen molar-refractivity contribution in [1.82, 2.24) is 0 Å². The number of aromatic hydroxyl groups is 1. The fourth-order valence-corrected chi connectivity index (χ4v) is 6.25. The van der Waals surface area contributed by atoms with Crippen molar-refractivity contribution in [3.63, 3.8) is 0 Å². The third-order valence-electron chi connectivity index (χ3n) is 4.37. The summed E-state index contributed by atoms with van der Waals surface area (Å²) < 4.78 is 35.9. The van der Waals surface area contributed by atoms with Crippen molar-refractivity contribution in [3.8, 4) is 5.75 Å². The van der Waals surface area contributed by atoms with E-state index in [1.54, 1.807) is 42.5 Å². The molecule has 1 unspecified atom stereocenters. The predicted octanol–water partition coefficient (Wildman–Crippen LogP) is 3.20. The summed E-state index contributed by atoms with van der Waals surface area (Å²) in [6, 6.07) is 24.2. The van der Waals surface area contributed by atoms with E-state index < -0.39 is 14.2 Å². The second kappa shape index (κ2) is 8.17. The van der Waals surface area contributed by atoms with Crippen LogP contribution >= 0.6 is 0 Å². The highest BCUT2D eigenvalue weighted by molar-refractivity contribution is 8.01. The highest BCUT2D eigenvalue weighted by Crippen LogP contribution is 2.43. The van der Waals surface area contributed by atoms with Crippen LogP contribution in [0.2, 0.25) is 0 Å². The number of para-hydroxylation sites is 1. The molecule has 3 aromatic rings. The quantitative estimate of drug-likeness (QED) is 0.375. The van der Waals surface area contributed by atoms with E-state index in [0.717, 1.165) is 5.56 Å². The van der Waals surface area contributed by atoms with Crippen molar-refractivity contribution in [1.29, 1.82) is 0 Å². The fourth-order valence-electron chi connectivity index (χ4n) is 3.10. The third kappa shape index (κ3) is 4.03. The van der Waals surface area contributed by atoms with Crippen LogP contribution < -0.4 is 0 Å². The summed E-state index contributed by atoms with van der Waals surface area (Å²) in [7, 11) is -4.83. The summed E-state index contributed by atoms with van der Waals surface area (Å²) in [5.41, 5.74) is 1.53. The Bertz CT molecular complexity index is 989. The minimum Gasteiger partial charge on any atom is -0.743 e. The van der Waals surface area contributed by atoms with Gasteiger partial charge in [0.05, 0.1) is 5.56 Å². The van der Waals surface area contributed by atoms with Crippen LogP contribution in [0.3, 0.4) is 0 Å². The number of phenols is 1. The molecule has 0 aliphatic rings. The van der Waals surface area contributed by atoms with Crippen LogP contribution in [0.5, 0.6) is 5.75 Å². The largest absolute Gasteiger partial charge is 0.743 e. The number of phenolic OH excluding ortho intramolecular Hbond substituents is 1. The first-order valence-electron chi connectivity index (χ1n) is 8.47. The first kappa shape index (κ1) is 19.5. The first-order chi connectivity index (χ1) is 12.9. The summed E-state index contributed by atoms with van der Waals surface area (Å²) in [5.74, 6) is 0.252. The highest BCUT2D eigenvalue weighted by atomic mass is 32.3. The van der Waals surface area contributed by atoms with Crippen LogP contribution in [0.1, 0.15) is 16.7 Å². The zero-order valence-corrected chi connectivity index (χ0v) is 16.2. The Balaban J connectivity index is 2.08. The Morgan fingerprint density at radius 3 is 2.00 bits per heavy atom. The molecular weight excluding hydrogens is 380 g/mol. The molecule has 3 aromatic carbocycles. The molecule has 0 radical (unpaired) electrons. The lowest BCUT2D eigenvalue weighted by molar-refractivity contribution is 0.439. The number of thiol groups is 1. The van der Waals surface area contributed by atoms with Crippen LogP contribution in [0.4, 0.5) is 0 Å². The molecule has 0 saturated carbocycles. The SMILES string of the molecule is O=S(=O)([O-])C([SH+]CCc1ccccc1)(c1ccccc1)c1ccccc1O. The van der Waals surface area contributed by atoms with Gasteiger partial charge in [-0.1, -0.05) is 72.8 Å². The molecule has 140 valence electrons. The summed E-state index contributed by atoms with van der Waals surface area (Å²) in [5, 5.41) is 10.4. The lowest BCUT2D eigenvalue weighted by atomic mass is 10.0. The normalized spacial score (nSPS) is 13.8. The average Bonchev–Trinajstić information content (AvgIpc) is 2.67. The zero-order chi connectivity index (χ0) is 19.3. The van der Waals surface area contributed by atoms with Crippen LogP contribution in [-0.4, -0.2) is 23.8 Å². The maximum atomic E-state index is 12.6. The van der Waals surface area contributed by atoms with E-state index in [1.807, 2.05) is 30.3 Å². The van der Waals surface area contributed by atoms with E-state index in [4.69, 9.17) is 0 Å². The van der Waals surface area contributed by atoms with Gasteiger partial charge >= 0.3 is 0 Å². The third-order valence-corrected chi connectivity index (χ3v) is 8.00. The summed E-state index contributed by atoms with van der Waals surface area (Å²) >= 11 is 0.396. The zero-order valence-electron chi connectivity index (χ0n) is 14.5. The van der Waals surface area contributed by atoms with Crippen molar-refractivity contribution in [2.24, 2.45) is 0 Å². The molecule has 0 amide bonds. The van der Waals surface area contributed by atoms with Crippen LogP contribution in [0.15, 0.2) is 84.9 Å². The van der Waals surface area contributed by atoms with Crippen molar-refractivity contribution >= 4 is 21.9 Å². The van der Waals surface area contributed by atoms with Crippen molar-refractivity contribution in [2.75, 3.05) is 5.75 Å². The van der Waals surface area contributed by atoms with Crippen molar-refractivity contribution < 1.29 is 18.1 Å². The van der Waals surface area contributed by atoms with Gasteiger partial charge in [-0.3, -0.25) is 0 Å². The Hall–Kier alpha value is -2.28. The Morgan fingerprint density at radius 2 is 1.41 bits per heavy atom. The second-order valence-corrected chi connectivity index (χ2v) is 9.36. The summed E-state index contributed by atoms with van der Waals surface area (Å²) in [6.07, 6.45) is 0.625. The lowest BCUT2D eigenvalue weighted by Crippen LogP contribution is -2.39. The van der Waals surface area contributed by atoms with E-state index in [1.165, 1.54) is 12.1 Å². The second-order valence-electron chi connectivity index (χ2n) is 6.10. The molecule has 1 atom stereocenters. The van der Waals surface area contributed by atoms with Gasteiger partial charge in [0.2, 0.25) is 0 Å². The maximum Gasteiger partial charge on any atom is 0.266 e. The molecule has 0 spiro atoms. The van der Waals surface area contributed by atoms with Crippen molar-refractivity contribution in [2.45, 2.75) is 10.5 Å². The summed E-state index contributed by atoms with van der Waals surface area (Å²) in [6.45, 7) is 0. The van der Waals surface area contributed by atoms with E-state index in [0.29, 0.717) is 29.5 Å². The molecule has 0 bridgehead atoms. The number of hydrogen-bond acceptors (Lipinski definition) is 4. The average molecular weight is 401 g/mol. The molecule has 0 aliphatic carbocycles. The van der Waals surface area contributed by atoms with E-state index in [-0.39, 0.29) is 11.3 Å². The van der Waals surface area contributed by atoms with Gasteiger partial charge in [-0.2, -0.15) is 0 Å². The molecule has 0 fully saturated rings. The van der Waals surface area contributed by atoms with Gasteiger partial charge < -0.3 is 9.66 Å². The minimum absolute atomic E-state index is 0.112. The van der Waals surface area contributed by atoms with Gasteiger partial charge in [0.15, 0.2) is 10.1 Å². The van der Waals surface area contributed by atoms with Crippen LogP contribution in [-0.2, 0) is 32.4 Å². The van der Waals surface area contributed by atoms with Gasteiger partial charge in [-0.25, -0.2) is 8.42 Å². The molecule has 3 rings (SSSR count). The number of hydrogen-bond donors (Lipinski definition) is 1. The van der Waals surface area contributed by atoms with Gasteiger partial charge in [-0.05, 0) is 17.7 Å². The van der Waals surface area contributed by atoms with Crippen LogP contribution in [0, 0.1) is 0 Å². The first-order valence-corrected chi connectivity index (χ1v) is 11.0. The molecule has 4 nitrogen and oxygen atoms in total. The van der Waals surface area contributed by atoms with E-state index in [2.05, 4.69) is 0 Å². The molecule has 0 aromatic heterocycles. The molecule has 0 saturated heterocycles. The summed E-state index contributed by atoms with van der Waals surface area (Å²) in [4.78, 5) is 0. The number of benzene rings is 3. The Kier molecular flexibility index (Phi) is 5.89. The lowest BCUT2D eigenvalue weighted by Gasteiger charge is -2.31. The minimum atomic E-state index is -4.83. The fraction of sp³-hybridized carbons (Fsp3) is 0.143. The van der Waals surface area contributed by atoms with E-state index >= 15 is 0 Å². The molecule has 1 N–H and O–H groups in total. The molecule has 0 heterocycles. The van der Waals surface area contributed by atoms with Crippen LogP contribution in [0.25, 0.3) is 0 Å². The molecule has 27 heavy (non-hydrogen) atoms. The highest BCUT2D eigenvalue weighted by Gasteiger charge is 2.50. The van der Waals surface area contributed by atoms with Crippen molar-refractivity contribution in [3.05, 3.63) is 102 Å².